The van der Waals surface area contributed by atoms with Crippen LogP contribution in [0.25, 0.3) is 0 Å². The van der Waals surface area contributed by atoms with Crippen molar-refractivity contribution in [2.75, 3.05) is 11.1 Å². The highest BCUT2D eigenvalue weighted by molar-refractivity contribution is 6.04. The maximum absolute atomic E-state index is 11.8. The Hall–Kier alpha value is -2.30. The van der Waals surface area contributed by atoms with Crippen LogP contribution in [0.3, 0.4) is 0 Å². The fourth-order valence-corrected chi connectivity index (χ4v) is 1.47. The first-order valence-electron chi connectivity index (χ1n) is 5.40. The van der Waals surface area contributed by atoms with E-state index in [-0.39, 0.29) is 5.91 Å². The van der Waals surface area contributed by atoms with Gasteiger partial charge in [0.2, 0.25) is 0 Å². The molecule has 4 N–H and O–H groups in total. The number of hydrogen-bond donors (Lipinski definition) is 3. The van der Waals surface area contributed by atoms with Crippen LogP contribution >= 0.6 is 0 Å². The number of nitrogens with zero attached hydrogens (tertiary/aromatic N) is 1. The summed E-state index contributed by atoms with van der Waals surface area (Å²) in [6, 6.07) is 7.46. The SMILES string of the molecule is CCc1ccc(C(=O)Nc2[nH]ncc2N)cc1. The number of H-pyrrole nitrogens is 1. The van der Waals surface area contributed by atoms with Gasteiger partial charge < -0.3 is 11.1 Å². The second kappa shape index (κ2) is 4.69. The number of carbonyl (C=O) groups is 1. The van der Waals surface area contributed by atoms with Crippen molar-refractivity contribution < 1.29 is 4.79 Å². The van der Waals surface area contributed by atoms with Crippen LogP contribution in [-0.2, 0) is 6.42 Å². The number of aromatic amines is 1. The number of rotatable bonds is 3. The van der Waals surface area contributed by atoms with E-state index in [1.807, 2.05) is 12.1 Å². The molecule has 88 valence electrons. The lowest BCUT2D eigenvalue weighted by Crippen LogP contribution is -2.13. The molecule has 1 aromatic carbocycles. The maximum Gasteiger partial charge on any atom is 0.256 e. The lowest BCUT2D eigenvalue weighted by atomic mass is 10.1. The summed E-state index contributed by atoms with van der Waals surface area (Å²) in [6.07, 6.45) is 2.41. The van der Waals surface area contributed by atoms with Gasteiger partial charge in [-0.3, -0.25) is 9.89 Å². The highest BCUT2D eigenvalue weighted by Crippen LogP contribution is 2.14. The fraction of sp³-hybridized carbons (Fsp3) is 0.167. The quantitative estimate of drug-likeness (QED) is 0.751. The number of aryl methyl sites for hydroxylation is 1. The lowest BCUT2D eigenvalue weighted by Gasteiger charge is -2.04. The summed E-state index contributed by atoms with van der Waals surface area (Å²) in [5.41, 5.74) is 7.81. The highest BCUT2D eigenvalue weighted by Gasteiger charge is 2.08. The molecule has 0 saturated carbocycles. The molecule has 1 aromatic heterocycles. The Bertz CT molecular complexity index is 516. The molecule has 0 radical (unpaired) electrons. The Kier molecular flexibility index (Phi) is 3.09. The van der Waals surface area contributed by atoms with E-state index >= 15 is 0 Å². The summed E-state index contributed by atoms with van der Waals surface area (Å²) < 4.78 is 0. The molecule has 0 fully saturated rings. The molecule has 5 heteroatoms. The van der Waals surface area contributed by atoms with Gasteiger partial charge in [-0.2, -0.15) is 5.10 Å². The molecule has 0 saturated heterocycles. The van der Waals surface area contributed by atoms with Gasteiger partial charge in [0.15, 0.2) is 5.82 Å². The van der Waals surface area contributed by atoms with E-state index in [1.54, 1.807) is 12.1 Å². The number of anilines is 2. The van der Waals surface area contributed by atoms with Gasteiger partial charge in [0.05, 0.1) is 11.9 Å². The minimum Gasteiger partial charge on any atom is -0.394 e. The first-order valence-corrected chi connectivity index (χ1v) is 5.40. The van der Waals surface area contributed by atoms with Gasteiger partial charge in [0, 0.05) is 5.56 Å². The van der Waals surface area contributed by atoms with Gasteiger partial charge in [-0.15, -0.1) is 0 Å². The summed E-state index contributed by atoms with van der Waals surface area (Å²) in [5.74, 6) is 0.221. The third kappa shape index (κ3) is 2.44. The number of nitrogens with two attached hydrogens (primary N) is 1. The van der Waals surface area contributed by atoms with Crippen LogP contribution in [0.4, 0.5) is 11.5 Å². The van der Waals surface area contributed by atoms with E-state index in [0.717, 1.165) is 6.42 Å². The molecule has 0 bridgehead atoms. The number of aromatic nitrogens is 2. The van der Waals surface area contributed by atoms with Crippen molar-refractivity contribution >= 4 is 17.4 Å². The second-order valence-corrected chi connectivity index (χ2v) is 3.70. The van der Waals surface area contributed by atoms with Gasteiger partial charge in [0.1, 0.15) is 0 Å². The fourth-order valence-electron chi connectivity index (χ4n) is 1.47. The van der Waals surface area contributed by atoms with E-state index in [0.29, 0.717) is 17.1 Å². The normalized spacial score (nSPS) is 10.2. The zero-order valence-corrected chi connectivity index (χ0v) is 9.53. The summed E-state index contributed by atoms with van der Waals surface area (Å²) in [7, 11) is 0. The summed E-state index contributed by atoms with van der Waals surface area (Å²) in [5, 5.41) is 9.01. The van der Waals surface area contributed by atoms with Gasteiger partial charge >= 0.3 is 0 Å². The predicted molar refractivity (Wildman–Crippen MR) is 66.8 cm³/mol. The number of carbonyl (C=O) groups excluding carboxylic acids is 1. The Labute approximate surface area is 99.0 Å². The maximum atomic E-state index is 11.8. The van der Waals surface area contributed by atoms with Crippen molar-refractivity contribution in [2.45, 2.75) is 13.3 Å². The van der Waals surface area contributed by atoms with E-state index in [4.69, 9.17) is 5.73 Å². The van der Waals surface area contributed by atoms with Crippen molar-refractivity contribution in [3.8, 4) is 0 Å². The first kappa shape index (κ1) is 11.2. The smallest absolute Gasteiger partial charge is 0.256 e. The zero-order chi connectivity index (χ0) is 12.3. The Balaban J connectivity index is 2.12. The van der Waals surface area contributed by atoms with E-state index < -0.39 is 0 Å². The number of amides is 1. The van der Waals surface area contributed by atoms with Gasteiger partial charge in [-0.25, -0.2) is 0 Å². The van der Waals surface area contributed by atoms with Crippen LogP contribution in [-0.4, -0.2) is 16.1 Å². The molecule has 2 rings (SSSR count). The zero-order valence-electron chi connectivity index (χ0n) is 9.53. The molecular formula is C12H14N4O. The molecule has 0 unspecified atom stereocenters. The molecule has 0 atom stereocenters. The third-order valence-corrected chi connectivity index (χ3v) is 2.53. The van der Waals surface area contributed by atoms with Crippen molar-refractivity contribution in [3.63, 3.8) is 0 Å². The number of nitrogen functional groups attached to an aromatic ring is 1. The standard InChI is InChI=1S/C12H14N4O/c1-2-8-3-5-9(6-4-8)12(17)15-11-10(13)7-14-16-11/h3-7H,2,13H2,1H3,(H2,14,15,16,17). The van der Waals surface area contributed by atoms with Gasteiger partial charge in [-0.05, 0) is 24.1 Å². The molecule has 1 heterocycles. The molecule has 0 aliphatic carbocycles. The summed E-state index contributed by atoms with van der Waals surface area (Å²) in [4.78, 5) is 11.8. The molecule has 5 nitrogen and oxygen atoms in total. The average molecular weight is 230 g/mol. The van der Waals surface area contributed by atoms with Crippen LogP contribution in [0.5, 0.6) is 0 Å². The van der Waals surface area contributed by atoms with Crippen molar-refractivity contribution in [3.05, 3.63) is 41.6 Å². The van der Waals surface area contributed by atoms with Crippen LogP contribution in [0, 0.1) is 0 Å². The molecule has 2 aromatic rings. The van der Waals surface area contributed by atoms with E-state index in [1.165, 1.54) is 11.8 Å². The Morgan fingerprint density at radius 2 is 2.12 bits per heavy atom. The van der Waals surface area contributed by atoms with Crippen LogP contribution < -0.4 is 11.1 Å². The highest BCUT2D eigenvalue weighted by atomic mass is 16.1. The van der Waals surface area contributed by atoms with Gasteiger partial charge in [0.25, 0.3) is 5.91 Å². The van der Waals surface area contributed by atoms with Crippen molar-refractivity contribution in [1.82, 2.24) is 10.2 Å². The van der Waals surface area contributed by atoms with Gasteiger partial charge in [-0.1, -0.05) is 19.1 Å². The molecule has 1 amide bonds. The van der Waals surface area contributed by atoms with Crippen LogP contribution in [0.1, 0.15) is 22.8 Å². The lowest BCUT2D eigenvalue weighted by molar-refractivity contribution is 0.102. The minimum absolute atomic E-state index is 0.205. The minimum atomic E-state index is -0.205. The molecule has 0 spiro atoms. The van der Waals surface area contributed by atoms with Crippen LogP contribution in [0.15, 0.2) is 30.5 Å². The third-order valence-electron chi connectivity index (χ3n) is 2.53. The Morgan fingerprint density at radius 1 is 1.41 bits per heavy atom. The Morgan fingerprint density at radius 3 is 2.65 bits per heavy atom. The molecule has 17 heavy (non-hydrogen) atoms. The molecule has 0 aliphatic rings. The van der Waals surface area contributed by atoms with E-state index in [9.17, 15) is 4.79 Å². The molecular weight excluding hydrogens is 216 g/mol. The number of nitrogens with one attached hydrogen (secondary N) is 2. The molecule has 0 aliphatic heterocycles. The largest absolute Gasteiger partial charge is 0.394 e. The number of hydrogen-bond acceptors (Lipinski definition) is 3. The number of benzene rings is 1. The topological polar surface area (TPSA) is 83.8 Å². The second-order valence-electron chi connectivity index (χ2n) is 3.70. The van der Waals surface area contributed by atoms with Crippen molar-refractivity contribution in [2.24, 2.45) is 0 Å². The monoisotopic (exact) mass is 230 g/mol. The van der Waals surface area contributed by atoms with E-state index in [2.05, 4.69) is 22.4 Å². The predicted octanol–water partition coefficient (Wildman–Crippen LogP) is 1.81. The summed E-state index contributed by atoms with van der Waals surface area (Å²) >= 11 is 0. The first-order chi connectivity index (χ1) is 8.20. The van der Waals surface area contributed by atoms with Crippen molar-refractivity contribution in [1.29, 1.82) is 0 Å². The average Bonchev–Trinajstić information content (AvgIpc) is 2.75. The van der Waals surface area contributed by atoms with Crippen LogP contribution in [0.2, 0.25) is 0 Å². The summed E-state index contributed by atoms with van der Waals surface area (Å²) in [6.45, 7) is 2.07.